The van der Waals surface area contributed by atoms with Crippen molar-refractivity contribution in [2.75, 3.05) is 11.9 Å². The van der Waals surface area contributed by atoms with Crippen molar-refractivity contribution in [1.82, 2.24) is 5.32 Å². The van der Waals surface area contributed by atoms with Gasteiger partial charge in [-0.25, -0.2) is 0 Å². The first kappa shape index (κ1) is 16.4. The lowest BCUT2D eigenvalue weighted by Gasteiger charge is -2.20. The van der Waals surface area contributed by atoms with Gasteiger partial charge in [0, 0.05) is 30.3 Å². The Balaban J connectivity index is 2.58. The van der Waals surface area contributed by atoms with E-state index < -0.39 is 4.92 Å². The van der Waals surface area contributed by atoms with E-state index in [0.717, 1.165) is 0 Å². The lowest BCUT2D eigenvalue weighted by atomic mass is 10.1. The van der Waals surface area contributed by atoms with Gasteiger partial charge in [0.15, 0.2) is 0 Å². The number of benzene rings is 1. The Morgan fingerprint density at radius 3 is 2.60 bits per heavy atom. The van der Waals surface area contributed by atoms with Gasteiger partial charge in [-0.05, 0) is 32.9 Å². The fraction of sp³-hybridized carbons (Fsp3) is 0.462. The highest BCUT2D eigenvalue weighted by Gasteiger charge is 2.14. The lowest BCUT2D eigenvalue weighted by Crippen LogP contribution is -2.37. The average molecular weight is 300 g/mol. The summed E-state index contributed by atoms with van der Waals surface area (Å²) in [5.41, 5.74) is 0.0819. The van der Waals surface area contributed by atoms with Crippen molar-refractivity contribution < 1.29 is 9.72 Å². The van der Waals surface area contributed by atoms with Crippen LogP contribution in [0.4, 0.5) is 11.4 Å². The SMILES string of the molecule is CC(C)(C)NCCC(=O)Nc1ccc(Cl)c([N+](=O)[O-])c1. The molecule has 110 valence electrons. The molecule has 0 aliphatic carbocycles. The van der Waals surface area contributed by atoms with Gasteiger partial charge in [-0.2, -0.15) is 0 Å². The summed E-state index contributed by atoms with van der Waals surface area (Å²) < 4.78 is 0. The van der Waals surface area contributed by atoms with Gasteiger partial charge in [-0.3, -0.25) is 14.9 Å². The van der Waals surface area contributed by atoms with Crippen molar-refractivity contribution in [2.24, 2.45) is 0 Å². The molecule has 0 spiro atoms. The van der Waals surface area contributed by atoms with Gasteiger partial charge in [-0.1, -0.05) is 11.6 Å². The molecule has 0 radical (unpaired) electrons. The minimum Gasteiger partial charge on any atom is -0.326 e. The Morgan fingerprint density at radius 1 is 1.40 bits per heavy atom. The van der Waals surface area contributed by atoms with Crippen LogP contribution in [0.3, 0.4) is 0 Å². The summed E-state index contributed by atoms with van der Waals surface area (Å²) in [5, 5.41) is 16.6. The van der Waals surface area contributed by atoms with E-state index in [1.165, 1.54) is 18.2 Å². The van der Waals surface area contributed by atoms with E-state index in [0.29, 0.717) is 12.2 Å². The predicted molar refractivity (Wildman–Crippen MR) is 79.1 cm³/mol. The maximum absolute atomic E-state index is 11.7. The van der Waals surface area contributed by atoms with Crippen LogP contribution in [-0.4, -0.2) is 22.9 Å². The molecule has 2 N–H and O–H groups in total. The molecular weight excluding hydrogens is 282 g/mol. The van der Waals surface area contributed by atoms with Gasteiger partial charge in [0.1, 0.15) is 5.02 Å². The second-order valence-electron chi connectivity index (χ2n) is 5.40. The van der Waals surface area contributed by atoms with Crippen LogP contribution >= 0.6 is 11.6 Å². The van der Waals surface area contributed by atoms with Crippen LogP contribution in [0.25, 0.3) is 0 Å². The summed E-state index contributed by atoms with van der Waals surface area (Å²) >= 11 is 5.70. The molecule has 0 fully saturated rings. The summed E-state index contributed by atoms with van der Waals surface area (Å²) in [6, 6.07) is 4.17. The summed E-state index contributed by atoms with van der Waals surface area (Å²) in [6.45, 7) is 6.55. The standard InChI is InChI=1S/C13H18ClN3O3/c1-13(2,3)15-7-6-12(18)16-9-4-5-10(14)11(8-9)17(19)20/h4-5,8,15H,6-7H2,1-3H3,(H,16,18). The van der Waals surface area contributed by atoms with Crippen molar-refractivity contribution in [3.63, 3.8) is 0 Å². The number of nitrogens with one attached hydrogen (secondary N) is 2. The number of nitro groups is 1. The van der Waals surface area contributed by atoms with Gasteiger partial charge in [0.2, 0.25) is 5.91 Å². The molecule has 0 bridgehead atoms. The fourth-order valence-electron chi connectivity index (χ4n) is 1.50. The lowest BCUT2D eigenvalue weighted by molar-refractivity contribution is -0.384. The second-order valence-corrected chi connectivity index (χ2v) is 5.81. The number of halogens is 1. The molecule has 0 aliphatic rings. The van der Waals surface area contributed by atoms with Crippen LogP contribution in [0.1, 0.15) is 27.2 Å². The highest BCUT2D eigenvalue weighted by atomic mass is 35.5. The Hall–Kier alpha value is -1.66. The van der Waals surface area contributed by atoms with Crippen LogP contribution < -0.4 is 10.6 Å². The van der Waals surface area contributed by atoms with E-state index in [9.17, 15) is 14.9 Å². The van der Waals surface area contributed by atoms with Crippen molar-refractivity contribution >= 4 is 28.9 Å². The fourth-order valence-corrected chi connectivity index (χ4v) is 1.69. The third kappa shape index (κ3) is 5.54. The normalized spacial score (nSPS) is 11.2. The first-order valence-electron chi connectivity index (χ1n) is 6.18. The van der Waals surface area contributed by atoms with E-state index in [2.05, 4.69) is 10.6 Å². The number of nitro benzene ring substituents is 1. The molecule has 1 aromatic rings. The third-order valence-corrected chi connectivity index (χ3v) is 2.75. The van der Waals surface area contributed by atoms with Crippen molar-refractivity contribution in [1.29, 1.82) is 0 Å². The van der Waals surface area contributed by atoms with E-state index >= 15 is 0 Å². The first-order valence-corrected chi connectivity index (χ1v) is 6.55. The van der Waals surface area contributed by atoms with E-state index in [4.69, 9.17) is 11.6 Å². The molecule has 1 aromatic carbocycles. The van der Waals surface area contributed by atoms with Crippen molar-refractivity contribution in [3.05, 3.63) is 33.3 Å². The number of hydrogen-bond donors (Lipinski definition) is 2. The molecule has 0 atom stereocenters. The molecule has 0 heterocycles. The average Bonchev–Trinajstić information content (AvgIpc) is 2.29. The Bertz CT molecular complexity index is 512. The number of hydrogen-bond acceptors (Lipinski definition) is 4. The zero-order valence-electron chi connectivity index (χ0n) is 11.7. The number of amides is 1. The Labute approximate surface area is 122 Å². The maximum atomic E-state index is 11.7. The second kappa shape index (κ2) is 6.67. The van der Waals surface area contributed by atoms with Crippen molar-refractivity contribution in [3.8, 4) is 0 Å². The number of nitrogens with zero attached hydrogens (tertiary/aromatic N) is 1. The summed E-state index contributed by atoms with van der Waals surface area (Å²) in [5.74, 6) is -0.210. The third-order valence-electron chi connectivity index (χ3n) is 2.43. The maximum Gasteiger partial charge on any atom is 0.289 e. The van der Waals surface area contributed by atoms with Crippen LogP contribution in [0.2, 0.25) is 5.02 Å². The van der Waals surface area contributed by atoms with Crippen LogP contribution in [0.5, 0.6) is 0 Å². The Kier molecular flexibility index (Phi) is 5.47. The topological polar surface area (TPSA) is 84.3 Å². The minimum atomic E-state index is -0.584. The molecule has 6 nitrogen and oxygen atoms in total. The summed E-state index contributed by atoms with van der Waals surface area (Å²) in [6.07, 6.45) is 0.285. The number of anilines is 1. The minimum absolute atomic E-state index is 0.0439. The van der Waals surface area contributed by atoms with E-state index in [1.54, 1.807) is 0 Å². The molecule has 1 rings (SSSR count). The summed E-state index contributed by atoms with van der Waals surface area (Å²) in [4.78, 5) is 21.9. The quantitative estimate of drug-likeness (QED) is 0.646. The molecule has 7 heteroatoms. The molecular formula is C13H18ClN3O3. The van der Waals surface area contributed by atoms with E-state index in [1.807, 2.05) is 20.8 Å². The van der Waals surface area contributed by atoms with Crippen LogP contribution in [-0.2, 0) is 4.79 Å². The summed E-state index contributed by atoms with van der Waals surface area (Å²) in [7, 11) is 0. The number of carbonyl (C=O) groups is 1. The number of carbonyl (C=O) groups excluding carboxylic acids is 1. The van der Waals surface area contributed by atoms with Gasteiger partial charge in [0.05, 0.1) is 4.92 Å². The van der Waals surface area contributed by atoms with Crippen LogP contribution in [0.15, 0.2) is 18.2 Å². The molecule has 0 aliphatic heterocycles. The molecule has 0 saturated carbocycles. The highest BCUT2D eigenvalue weighted by Crippen LogP contribution is 2.27. The van der Waals surface area contributed by atoms with Gasteiger partial charge < -0.3 is 10.6 Å². The highest BCUT2D eigenvalue weighted by molar-refractivity contribution is 6.32. The molecule has 0 unspecified atom stereocenters. The van der Waals surface area contributed by atoms with E-state index in [-0.39, 0.29) is 28.6 Å². The monoisotopic (exact) mass is 299 g/mol. The van der Waals surface area contributed by atoms with Gasteiger partial charge in [0.25, 0.3) is 5.69 Å². The zero-order chi connectivity index (χ0) is 15.3. The molecule has 0 saturated heterocycles. The smallest absolute Gasteiger partial charge is 0.289 e. The predicted octanol–water partition coefficient (Wildman–Crippen LogP) is 2.96. The van der Waals surface area contributed by atoms with Crippen LogP contribution in [0, 0.1) is 10.1 Å². The largest absolute Gasteiger partial charge is 0.326 e. The van der Waals surface area contributed by atoms with Gasteiger partial charge in [-0.15, -0.1) is 0 Å². The Morgan fingerprint density at radius 2 is 2.05 bits per heavy atom. The molecule has 0 aromatic heterocycles. The van der Waals surface area contributed by atoms with Crippen molar-refractivity contribution in [2.45, 2.75) is 32.7 Å². The number of rotatable bonds is 5. The molecule has 1 amide bonds. The zero-order valence-corrected chi connectivity index (χ0v) is 12.5. The van der Waals surface area contributed by atoms with Gasteiger partial charge >= 0.3 is 0 Å². The first-order chi connectivity index (χ1) is 9.19. The molecule has 20 heavy (non-hydrogen) atoms.